The molecule has 22 heavy (non-hydrogen) atoms. The molecular weight excluding hydrogens is 302 g/mol. The number of pyridine rings is 1. The number of fused-ring (bicyclic) bond motifs is 2. The Morgan fingerprint density at radius 1 is 1.45 bits per heavy atom. The molecule has 2 bridgehead atoms. The van der Waals surface area contributed by atoms with Crippen LogP contribution in [0.4, 0.5) is 0 Å². The van der Waals surface area contributed by atoms with Gasteiger partial charge in [0, 0.05) is 31.0 Å². The number of rotatable bonds is 4. The van der Waals surface area contributed by atoms with Crippen LogP contribution in [0.2, 0.25) is 5.02 Å². The van der Waals surface area contributed by atoms with E-state index < -0.39 is 11.4 Å². The first-order valence-electron chi connectivity index (χ1n) is 7.54. The van der Waals surface area contributed by atoms with E-state index in [1.165, 1.54) is 0 Å². The van der Waals surface area contributed by atoms with Gasteiger partial charge in [0.1, 0.15) is 0 Å². The molecule has 116 valence electrons. The fourth-order valence-electron chi connectivity index (χ4n) is 4.00. The van der Waals surface area contributed by atoms with Crippen LogP contribution in [0.3, 0.4) is 0 Å². The van der Waals surface area contributed by atoms with Gasteiger partial charge in [0.15, 0.2) is 0 Å². The number of aliphatic carboxylic acids is 1. The van der Waals surface area contributed by atoms with Crippen LogP contribution < -0.4 is 0 Å². The van der Waals surface area contributed by atoms with E-state index in [0.717, 1.165) is 31.2 Å². The SMILES string of the molecule is N#CC1(c2cncc(Cl)c2)CC2CCC(C1)N2CCC(=O)O. The molecule has 0 spiro atoms. The first-order valence-corrected chi connectivity index (χ1v) is 7.92. The molecule has 5 nitrogen and oxygen atoms in total. The highest BCUT2D eigenvalue weighted by atomic mass is 35.5. The van der Waals surface area contributed by atoms with Crippen molar-refractivity contribution in [1.82, 2.24) is 9.88 Å². The van der Waals surface area contributed by atoms with E-state index in [-0.39, 0.29) is 18.5 Å². The molecule has 2 aliphatic rings. The fraction of sp³-hybridized carbons (Fsp3) is 0.562. The maximum absolute atomic E-state index is 10.8. The Morgan fingerprint density at radius 3 is 2.68 bits per heavy atom. The van der Waals surface area contributed by atoms with Gasteiger partial charge in [0.05, 0.1) is 22.9 Å². The van der Waals surface area contributed by atoms with Crippen LogP contribution in [-0.2, 0) is 10.2 Å². The summed E-state index contributed by atoms with van der Waals surface area (Å²) >= 11 is 6.04. The van der Waals surface area contributed by atoms with Crippen molar-refractivity contribution in [3.63, 3.8) is 0 Å². The summed E-state index contributed by atoms with van der Waals surface area (Å²) in [6.07, 6.45) is 6.98. The third kappa shape index (κ3) is 2.69. The monoisotopic (exact) mass is 319 g/mol. The summed E-state index contributed by atoms with van der Waals surface area (Å²) in [6.45, 7) is 0.569. The number of carboxylic acids is 1. The molecular formula is C16H18ClN3O2. The average Bonchev–Trinajstić information content (AvgIpc) is 2.74. The number of piperidine rings is 1. The summed E-state index contributed by atoms with van der Waals surface area (Å²) in [5, 5.41) is 19.3. The average molecular weight is 320 g/mol. The van der Waals surface area contributed by atoms with E-state index in [0.29, 0.717) is 11.6 Å². The Kier molecular flexibility index (Phi) is 4.07. The molecule has 0 amide bonds. The van der Waals surface area contributed by atoms with Gasteiger partial charge in [0.2, 0.25) is 0 Å². The van der Waals surface area contributed by atoms with Crippen LogP contribution in [0.25, 0.3) is 0 Å². The largest absolute Gasteiger partial charge is 0.481 e. The summed E-state index contributed by atoms with van der Waals surface area (Å²) in [7, 11) is 0. The summed E-state index contributed by atoms with van der Waals surface area (Å²) in [6, 6.07) is 4.89. The van der Waals surface area contributed by atoms with Crippen molar-refractivity contribution in [1.29, 1.82) is 5.26 Å². The Labute approximate surface area is 134 Å². The Morgan fingerprint density at radius 2 is 2.14 bits per heavy atom. The molecule has 2 atom stereocenters. The molecule has 0 saturated carbocycles. The highest BCUT2D eigenvalue weighted by molar-refractivity contribution is 6.30. The van der Waals surface area contributed by atoms with Crippen molar-refractivity contribution in [2.24, 2.45) is 0 Å². The molecule has 3 rings (SSSR count). The molecule has 1 N–H and O–H groups in total. The second kappa shape index (κ2) is 5.86. The lowest BCUT2D eigenvalue weighted by molar-refractivity contribution is -0.137. The van der Waals surface area contributed by atoms with Gasteiger partial charge in [-0.15, -0.1) is 0 Å². The van der Waals surface area contributed by atoms with Crippen LogP contribution in [0, 0.1) is 11.3 Å². The standard InChI is InChI=1S/C16H18ClN3O2/c17-12-5-11(8-19-9-12)16(10-18)6-13-1-2-14(7-16)20(13)4-3-15(21)22/h5,8-9,13-14H,1-4,6-7H2,(H,21,22). The number of nitrogens with zero attached hydrogens (tertiary/aromatic N) is 3. The summed E-state index contributed by atoms with van der Waals surface area (Å²) < 4.78 is 0. The minimum absolute atomic E-state index is 0.158. The van der Waals surface area contributed by atoms with E-state index in [2.05, 4.69) is 16.0 Å². The van der Waals surface area contributed by atoms with E-state index in [4.69, 9.17) is 16.7 Å². The van der Waals surface area contributed by atoms with Gasteiger partial charge in [-0.05, 0) is 37.3 Å². The van der Waals surface area contributed by atoms with E-state index in [1.54, 1.807) is 12.4 Å². The number of carbonyl (C=O) groups is 1. The molecule has 2 aliphatic heterocycles. The minimum Gasteiger partial charge on any atom is -0.481 e. The molecule has 0 radical (unpaired) electrons. The van der Waals surface area contributed by atoms with Crippen LogP contribution in [0.1, 0.15) is 37.7 Å². The molecule has 0 aromatic carbocycles. The van der Waals surface area contributed by atoms with Gasteiger partial charge in [-0.2, -0.15) is 5.26 Å². The molecule has 2 saturated heterocycles. The summed E-state index contributed by atoms with van der Waals surface area (Å²) in [4.78, 5) is 17.2. The van der Waals surface area contributed by atoms with Crippen LogP contribution in [0.15, 0.2) is 18.5 Å². The Balaban J connectivity index is 1.83. The highest BCUT2D eigenvalue weighted by Gasteiger charge is 2.49. The number of hydrogen-bond donors (Lipinski definition) is 1. The number of carboxylic acid groups (broad SMARTS) is 1. The third-order valence-corrected chi connectivity index (χ3v) is 5.20. The predicted molar refractivity (Wildman–Crippen MR) is 81.5 cm³/mol. The molecule has 2 unspecified atom stereocenters. The summed E-state index contributed by atoms with van der Waals surface area (Å²) in [5.74, 6) is -0.768. The Bertz CT molecular complexity index is 614. The van der Waals surface area contributed by atoms with Gasteiger partial charge in [-0.25, -0.2) is 0 Å². The molecule has 3 heterocycles. The zero-order chi connectivity index (χ0) is 15.7. The van der Waals surface area contributed by atoms with Gasteiger partial charge in [-0.3, -0.25) is 14.7 Å². The van der Waals surface area contributed by atoms with Crippen molar-refractivity contribution in [3.05, 3.63) is 29.0 Å². The second-order valence-electron chi connectivity index (χ2n) is 6.26. The van der Waals surface area contributed by atoms with Crippen molar-refractivity contribution < 1.29 is 9.90 Å². The Hall–Kier alpha value is -1.64. The van der Waals surface area contributed by atoms with Gasteiger partial charge in [-0.1, -0.05) is 11.6 Å². The zero-order valence-corrected chi connectivity index (χ0v) is 13.0. The maximum atomic E-state index is 10.8. The molecule has 1 aromatic heterocycles. The molecule has 1 aromatic rings. The maximum Gasteiger partial charge on any atom is 0.304 e. The number of aromatic nitrogens is 1. The number of nitriles is 1. The number of halogens is 1. The van der Waals surface area contributed by atoms with Crippen LogP contribution >= 0.6 is 11.6 Å². The molecule has 2 fully saturated rings. The molecule has 0 aliphatic carbocycles. The van der Waals surface area contributed by atoms with Crippen molar-refractivity contribution in [3.8, 4) is 6.07 Å². The smallest absolute Gasteiger partial charge is 0.304 e. The van der Waals surface area contributed by atoms with Crippen molar-refractivity contribution in [2.45, 2.75) is 49.6 Å². The van der Waals surface area contributed by atoms with E-state index >= 15 is 0 Å². The van der Waals surface area contributed by atoms with Gasteiger partial charge >= 0.3 is 5.97 Å². The zero-order valence-electron chi connectivity index (χ0n) is 12.2. The quantitative estimate of drug-likeness (QED) is 0.923. The third-order valence-electron chi connectivity index (χ3n) is 4.99. The van der Waals surface area contributed by atoms with Crippen molar-refractivity contribution >= 4 is 17.6 Å². The van der Waals surface area contributed by atoms with Crippen molar-refractivity contribution in [2.75, 3.05) is 6.54 Å². The fourth-order valence-corrected chi connectivity index (χ4v) is 4.17. The first kappa shape index (κ1) is 15.3. The lowest BCUT2D eigenvalue weighted by Crippen LogP contribution is -2.49. The normalized spacial score (nSPS) is 30.9. The van der Waals surface area contributed by atoms with Crippen LogP contribution in [-0.4, -0.2) is 39.6 Å². The first-order chi connectivity index (χ1) is 10.5. The van der Waals surface area contributed by atoms with Gasteiger partial charge < -0.3 is 5.11 Å². The lowest BCUT2D eigenvalue weighted by Gasteiger charge is -2.43. The van der Waals surface area contributed by atoms with Gasteiger partial charge in [0.25, 0.3) is 0 Å². The molecule has 6 heteroatoms. The van der Waals surface area contributed by atoms with Crippen LogP contribution in [0.5, 0.6) is 0 Å². The second-order valence-corrected chi connectivity index (χ2v) is 6.70. The van der Waals surface area contributed by atoms with E-state index in [1.807, 2.05) is 6.07 Å². The topological polar surface area (TPSA) is 77.2 Å². The minimum atomic E-state index is -0.768. The van der Waals surface area contributed by atoms with E-state index in [9.17, 15) is 10.1 Å². The lowest BCUT2D eigenvalue weighted by atomic mass is 9.71. The number of hydrogen-bond acceptors (Lipinski definition) is 4. The summed E-state index contributed by atoms with van der Waals surface area (Å²) in [5.41, 5.74) is 0.334. The highest BCUT2D eigenvalue weighted by Crippen LogP contribution is 2.47. The predicted octanol–water partition coefficient (Wildman–Crippen LogP) is 2.60.